The highest BCUT2D eigenvalue weighted by Crippen LogP contribution is 2.19. The molecule has 11 heteroatoms. The molecule has 0 fully saturated rings. The van der Waals surface area contributed by atoms with Crippen molar-refractivity contribution in [1.29, 1.82) is 0 Å². The van der Waals surface area contributed by atoms with E-state index in [1.807, 2.05) is 0 Å². The Hall–Kier alpha value is -4.15. The highest BCUT2D eigenvalue weighted by atomic mass is 19.1. The maximum Gasteiger partial charge on any atom is 0.353 e. The van der Waals surface area contributed by atoms with Gasteiger partial charge in [0.2, 0.25) is 0 Å². The third-order valence-corrected chi connectivity index (χ3v) is 4.37. The van der Waals surface area contributed by atoms with Gasteiger partial charge in [-0.1, -0.05) is 23.4 Å². The summed E-state index contributed by atoms with van der Waals surface area (Å²) < 4.78 is 26.3. The molecule has 2 aromatic carbocycles. The predicted molar refractivity (Wildman–Crippen MR) is 115 cm³/mol. The lowest BCUT2D eigenvalue weighted by Crippen LogP contribution is -2.22. The molecule has 0 aliphatic carbocycles. The van der Waals surface area contributed by atoms with Crippen molar-refractivity contribution in [3.8, 4) is 11.7 Å². The molecule has 0 aliphatic heterocycles. The second kappa shape index (κ2) is 10.2. The number of ether oxygens (including phenoxy) is 2. The zero-order valence-electron chi connectivity index (χ0n) is 18.0. The fourth-order valence-corrected chi connectivity index (χ4v) is 2.88. The van der Waals surface area contributed by atoms with Gasteiger partial charge in [0.25, 0.3) is 5.90 Å². The first-order valence-corrected chi connectivity index (χ1v) is 9.39. The highest BCUT2D eigenvalue weighted by molar-refractivity contribution is 6.45. The summed E-state index contributed by atoms with van der Waals surface area (Å²) in [5, 5.41) is 12.0. The molecule has 0 saturated carbocycles. The average Bonchev–Trinajstić information content (AvgIpc) is 3.10. The van der Waals surface area contributed by atoms with Crippen LogP contribution in [-0.2, 0) is 28.1 Å². The van der Waals surface area contributed by atoms with Gasteiger partial charge in [0, 0.05) is 18.2 Å². The van der Waals surface area contributed by atoms with Crippen LogP contribution in [0.3, 0.4) is 0 Å². The minimum Gasteiger partial charge on any atom is -0.477 e. The normalized spacial score (nSPS) is 11.9. The molecule has 3 aromatic rings. The van der Waals surface area contributed by atoms with E-state index in [0.717, 1.165) is 0 Å². The van der Waals surface area contributed by atoms with Crippen LogP contribution >= 0.6 is 0 Å². The Morgan fingerprint density at radius 1 is 1.06 bits per heavy atom. The van der Waals surface area contributed by atoms with Gasteiger partial charge in [-0.2, -0.15) is 0 Å². The Kier molecular flexibility index (Phi) is 7.21. The van der Waals surface area contributed by atoms with Gasteiger partial charge in [-0.25, -0.2) is 18.4 Å². The summed E-state index contributed by atoms with van der Waals surface area (Å²) in [4.78, 5) is 22.9. The quantitative estimate of drug-likeness (QED) is 0.301. The zero-order chi connectivity index (χ0) is 23.1. The van der Waals surface area contributed by atoms with Crippen molar-refractivity contribution in [2.45, 2.75) is 6.61 Å². The van der Waals surface area contributed by atoms with Crippen LogP contribution in [0.2, 0.25) is 0 Å². The standard InChI is InChI=1S/C21H22FN5O5/c1-26-21(28)27(20(23-26)30-3)17-8-6-5-7-15(17)13-32-25-19(29-2)18(24-31-4)14-9-11-16(22)12-10-14/h5-12H,13H2,1-4H3/b24-18+,25-19-. The minimum atomic E-state index is -0.393. The molecule has 10 nitrogen and oxygen atoms in total. The van der Waals surface area contributed by atoms with E-state index in [9.17, 15) is 9.18 Å². The van der Waals surface area contributed by atoms with Crippen molar-refractivity contribution in [1.82, 2.24) is 14.3 Å². The smallest absolute Gasteiger partial charge is 0.353 e. The Morgan fingerprint density at radius 2 is 1.78 bits per heavy atom. The molecule has 168 valence electrons. The van der Waals surface area contributed by atoms with Crippen molar-refractivity contribution in [3.05, 3.63) is 76.0 Å². The lowest BCUT2D eigenvalue weighted by molar-refractivity contribution is 0.123. The molecule has 0 amide bonds. The second-order valence-electron chi connectivity index (χ2n) is 6.36. The molecule has 0 bridgehead atoms. The number of hydrogen-bond donors (Lipinski definition) is 0. The number of aryl methyl sites for hydroxylation is 1. The van der Waals surface area contributed by atoms with Gasteiger partial charge < -0.3 is 19.1 Å². The van der Waals surface area contributed by atoms with Crippen LogP contribution in [0.25, 0.3) is 5.69 Å². The van der Waals surface area contributed by atoms with Gasteiger partial charge in [0.15, 0.2) is 5.71 Å². The van der Waals surface area contributed by atoms with Crippen molar-refractivity contribution in [3.63, 3.8) is 0 Å². The number of rotatable bonds is 8. The molecule has 0 saturated heterocycles. The van der Waals surface area contributed by atoms with Gasteiger partial charge in [-0.15, -0.1) is 5.10 Å². The summed E-state index contributed by atoms with van der Waals surface area (Å²) in [5.41, 5.74) is 1.53. The van der Waals surface area contributed by atoms with E-state index in [4.69, 9.17) is 19.1 Å². The van der Waals surface area contributed by atoms with E-state index in [2.05, 4.69) is 15.4 Å². The van der Waals surface area contributed by atoms with Crippen LogP contribution in [-0.4, -0.2) is 47.3 Å². The fourth-order valence-electron chi connectivity index (χ4n) is 2.88. The van der Waals surface area contributed by atoms with E-state index in [1.54, 1.807) is 24.3 Å². The monoisotopic (exact) mass is 443 g/mol. The minimum absolute atomic E-state index is 0.00278. The summed E-state index contributed by atoms with van der Waals surface area (Å²) in [5.74, 6) is -0.373. The maximum atomic E-state index is 13.3. The van der Waals surface area contributed by atoms with E-state index < -0.39 is 5.82 Å². The van der Waals surface area contributed by atoms with Gasteiger partial charge in [-0.05, 0) is 35.5 Å². The number of benzene rings is 2. The summed E-state index contributed by atoms with van der Waals surface area (Å²) in [6.07, 6.45) is 0. The molecule has 32 heavy (non-hydrogen) atoms. The molecule has 0 N–H and O–H groups in total. The molecule has 0 aliphatic rings. The van der Waals surface area contributed by atoms with E-state index >= 15 is 0 Å². The largest absolute Gasteiger partial charge is 0.477 e. The van der Waals surface area contributed by atoms with Crippen molar-refractivity contribution in [2.24, 2.45) is 17.4 Å². The Bertz CT molecular complexity index is 1180. The average molecular weight is 443 g/mol. The third kappa shape index (κ3) is 4.77. The van der Waals surface area contributed by atoms with Crippen LogP contribution in [0.4, 0.5) is 4.39 Å². The number of hydrogen-bond acceptors (Lipinski definition) is 8. The lowest BCUT2D eigenvalue weighted by atomic mass is 10.1. The predicted octanol–water partition coefficient (Wildman–Crippen LogP) is 2.25. The van der Waals surface area contributed by atoms with Gasteiger partial charge in [0.1, 0.15) is 19.5 Å². The highest BCUT2D eigenvalue weighted by Gasteiger charge is 2.18. The van der Waals surface area contributed by atoms with Crippen molar-refractivity contribution in [2.75, 3.05) is 21.3 Å². The Balaban J connectivity index is 1.89. The molecule has 1 heterocycles. The number of aromatic nitrogens is 3. The molecular formula is C21H22FN5O5. The summed E-state index contributed by atoms with van der Waals surface area (Å²) in [6.45, 7) is -0.00278. The summed E-state index contributed by atoms with van der Waals surface area (Å²) in [7, 11) is 5.72. The first-order valence-electron chi connectivity index (χ1n) is 9.39. The second-order valence-corrected chi connectivity index (χ2v) is 6.36. The van der Waals surface area contributed by atoms with Gasteiger partial charge in [0.05, 0.1) is 19.9 Å². The van der Waals surface area contributed by atoms with Gasteiger partial charge >= 0.3 is 11.7 Å². The molecule has 1 aromatic heterocycles. The van der Waals surface area contributed by atoms with E-state index in [1.165, 1.54) is 61.9 Å². The van der Waals surface area contributed by atoms with Crippen LogP contribution in [0.15, 0.2) is 63.6 Å². The number of methoxy groups -OCH3 is 2. The molecule has 0 unspecified atom stereocenters. The lowest BCUT2D eigenvalue weighted by Gasteiger charge is -2.11. The van der Waals surface area contributed by atoms with Crippen molar-refractivity contribution >= 4 is 11.6 Å². The van der Waals surface area contributed by atoms with E-state index in [-0.39, 0.29) is 29.9 Å². The number of nitrogens with zero attached hydrogens (tertiary/aromatic N) is 5. The Morgan fingerprint density at radius 3 is 2.44 bits per heavy atom. The number of halogens is 1. The molecule has 0 atom stereocenters. The van der Waals surface area contributed by atoms with E-state index in [0.29, 0.717) is 16.8 Å². The number of oxime groups is 2. The first kappa shape index (κ1) is 22.5. The van der Waals surface area contributed by atoms with Crippen molar-refractivity contribution < 1.29 is 23.5 Å². The SMILES string of the molecule is CO/N=C(/C(=N/OCc1ccccc1-n1c(OC)nn(C)c1=O)OC)c1ccc(F)cc1. The van der Waals surface area contributed by atoms with Crippen LogP contribution in [0.1, 0.15) is 11.1 Å². The topological polar surface area (TPSA) is 101 Å². The summed E-state index contributed by atoms with van der Waals surface area (Å²) in [6, 6.07) is 12.8. The van der Waals surface area contributed by atoms with Gasteiger partial charge in [-0.3, -0.25) is 0 Å². The van der Waals surface area contributed by atoms with Crippen LogP contribution in [0.5, 0.6) is 6.01 Å². The maximum absolute atomic E-state index is 13.3. The molecule has 0 radical (unpaired) electrons. The number of para-hydroxylation sites is 1. The molecular weight excluding hydrogens is 421 g/mol. The third-order valence-electron chi connectivity index (χ3n) is 4.37. The fraction of sp³-hybridized carbons (Fsp3) is 0.238. The summed E-state index contributed by atoms with van der Waals surface area (Å²) >= 11 is 0. The van der Waals surface area contributed by atoms with Crippen LogP contribution in [0, 0.1) is 5.82 Å². The zero-order valence-corrected chi connectivity index (χ0v) is 18.0. The molecule has 0 spiro atoms. The molecule has 3 rings (SSSR count). The van der Waals surface area contributed by atoms with Crippen LogP contribution < -0.4 is 10.4 Å². The Labute approximate surface area is 183 Å². The first-order chi connectivity index (χ1) is 15.5.